The molecule has 0 aliphatic heterocycles. The Balaban J connectivity index is 1.18. The molecule has 0 unspecified atom stereocenters. The molecule has 2 heterocycles. The first-order valence-corrected chi connectivity index (χ1v) is 13.1. The number of nitrogens with zero attached hydrogens (tertiary/aromatic N) is 4. The maximum absolute atomic E-state index is 12.4. The van der Waals surface area contributed by atoms with Crippen LogP contribution in [0.3, 0.4) is 0 Å². The van der Waals surface area contributed by atoms with Gasteiger partial charge in [0.1, 0.15) is 24.9 Å². The lowest BCUT2D eigenvalue weighted by atomic mass is 10.2. The zero-order valence-corrected chi connectivity index (χ0v) is 24.3. The summed E-state index contributed by atoms with van der Waals surface area (Å²) in [6, 6.07) is 9.32. The summed E-state index contributed by atoms with van der Waals surface area (Å²) >= 11 is 0. The second-order valence-electron chi connectivity index (χ2n) is 9.87. The van der Waals surface area contributed by atoms with Gasteiger partial charge in [-0.1, -0.05) is 12.1 Å². The van der Waals surface area contributed by atoms with Gasteiger partial charge in [0.2, 0.25) is 11.9 Å². The van der Waals surface area contributed by atoms with Crippen LogP contribution in [0.4, 0.5) is 49.0 Å². The molecule has 0 fully saturated rings. The molecule has 4 rings (SSSR count). The quantitative estimate of drug-likeness (QED) is 0.0492. The summed E-state index contributed by atoms with van der Waals surface area (Å²) in [5.41, 5.74) is 2.71. The van der Waals surface area contributed by atoms with Crippen LogP contribution in [0.2, 0.25) is 0 Å². The van der Waals surface area contributed by atoms with E-state index in [1.165, 1.54) is 12.7 Å². The van der Waals surface area contributed by atoms with Crippen molar-refractivity contribution in [1.29, 1.82) is 0 Å². The van der Waals surface area contributed by atoms with Gasteiger partial charge in [0.25, 0.3) is 0 Å². The Bertz CT molecular complexity index is 1560. The number of hydrogen-bond donors (Lipinski definition) is 8. The molecule has 44 heavy (non-hydrogen) atoms. The molecule has 5 amide bonds. The lowest BCUT2D eigenvalue weighted by Gasteiger charge is -2.23. The Morgan fingerprint density at radius 2 is 1.32 bits per heavy atom. The molecule has 0 spiro atoms. The van der Waals surface area contributed by atoms with E-state index in [9.17, 15) is 14.4 Å². The smallest absolute Gasteiger partial charge is 0.411 e. The minimum Gasteiger partial charge on any atom is -0.446 e. The van der Waals surface area contributed by atoms with E-state index in [1.807, 2.05) is 19.1 Å². The minimum absolute atomic E-state index is 0.0362. The Morgan fingerprint density at radius 3 is 1.86 bits per heavy atom. The second kappa shape index (κ2) is 14.4. The largest absolute Gasteiger partial charge is 0.446 e. The number of rotatable bonds is 12. The van der Waals surface area contributed by atoms with Crippen LogP contribution in [0.15, 0.2) is 49.1 Å². The molecular formula is C26H32N12O6. The summed E-state index contributed by atoms with van der Waals surface area (Å²) in [7, 11) is 0. The first-order valence-electron chi connectivity index (χ1n) is 13.1. The predicted octanol–water partition coefficient (Wildman–Crippen LogP) is 4.17. The highest BCUT2D eigenvalue weighted by atomic mass is 17.2. The average molecular weight is 609 g/mol. The van der Waals surface area contributed by atoms with Gasteiger partial charge in [0, 0.05) is 22.7 Å². The molecule has 18 nitrogen and oxygen atoms in total. The van der Waals surface area contributed by atoms with Gasteiger partial charge in [0.05, 0.1) is 0 Å². The van der Waals surface area contributed by atoms with Crippen LogP contribution in [-0.2, 0) is 14.5 Å². The number of anilines is 6. The zero-order valence-electron chi connectivity index (χ0n) is 24.3. The summed E-state index contributed by atoms with van der Waals surface area (Å²) in [5, 5.41) is 28.5. The Morgan fingerprint density at radius 1 is 0.773 bits per heavy atom. The molecule has 232 valence electrons. The summed E-state index contributed by atoms with van der Waals surface area (Å²) in [5.74, 6) is 0.401. The van der Waals surface area contributed by atoms with E-state index in [0.29, 0.717) is 22.7 Å². The van der Waals surface area contributed by atoms with Gasteiger partial charge in [-0.25, -0.2) is 34.4 Å². The van der Waals surface area contributed by atoms with Crippen molar-refractivity contribution < 1.29 is 28.9 Å². The summed E-state index contributed by atoms with van der Waals surface area (Å²) in [6.45, 7) is 6.85. The van der Waals surface area contributed by atoms with Gasteiger partial charge in [0.15, 0.2) is 6.73 Å². The number of aryl methyl sites for hydroxylation is 2. The fourth-order valence-corrected chi connectivity index (χ4v) is 3.47. The van der Waals surface area contributed by atoms with E-state index < -0.39 is 23.8 Å². The van der Waals surface area contributed by atoms with E-state index in [0.717, 1.165) is 11.1 Å². The molecule has 0 saturated heterocycles. The molecule has 0 saturated carbocycles. The third kappa shape index (κ3) is 9.67. The number of carbonyl (C=O) groups excluding carboxylic acids is 3. The fourth-order valence-electron chi connectivity index (χ4n) is 3.47. The number of carbonyl (C=O) groups is 3. The lowest BCUT2D eigenvalue weighted by Crippen LogP contribution is -2.33. The van der Waals surface area contributed by atoms with Crippen molar-refractivity contribution in [3.63, 3.8) is 0 Å². The number of ether oxygens (including phenoxy) is 1. The predicted molar refractivity (Wildman–Crippen MR) is 160 cm³/mol. The number of amides is 5. The van der Waals surface area contributed by atoms with Crippen molar-refractivity contribution in [2.45, 2.75) is 33.3 Å². The van der Waals surface area contributed by atoms with E-state index in [2.05, 4.69) is 62.3 Å². The van der Waals surface area contributed by atoms with Crippen LogP contribution in [0.1, 0.15) is 25.0 Å². The number of benzene rings is 2. The van der Waals surface area contributed by atoms with Crippen LogP contribution in [-0.4, -0.2) is 67.5 Å². The SMILES string of the molecule is Cc1ccc(NCOOC(C)(C)COC(=O)Nc2ccc(C)c(NC(=O)Nc3ncn[nH]3)c2)cc1NC(=O)Nc1ncn[nH]1. The van der Waals surface area contributed by atoms with Gasteiger partial charge in [-0.05, 0) is 63.1 Å². The van der Waals surface area contributed by atoms with Crippen molar-refractivity contribution in [2.75, 3.05) is 45.2 Å². The third-order valence-electron chi connectivity index (χ3n) is 5.68. The average Bonchev–Trinajstić information content (AvgIpc) is 3.68. The monoisotopic (exact) mass is 608 g/mol. The van der Waals surface area contributed by atoms with Crippen LogP contribution in [0.5, 0.6) is 0 Å². The van der Waals surface area contributed by atoms with Crippen molar-refractivity contribution in [2.24, 2.45) is 0 Å². The molecule has 0 aliphatic carbocycles. The van der Waals surface area contributed by atoms with E-state index in [1.54, 1.807) is 45.0 Å². The standard InChI is InChI=1S/C26H32N12O6/c1-15-5-7-17(9-19(15)33-23(39)35-21-27-12-30-37-21)29-14-43-44-26(3,4)11-42-25(41)32-18-8-6-16(2)20(10-18)34-24(40)36-22-28-13-31-38-22/h5-10,12-13,29H,11,14H2,1-4H3,(H,32,41)(H3,27,30,33,35,37,39)(H3,28,31,34,36,38,40). The molecule has 2 aromatic heterocycles. The van der Waals surface area contributed by atoms with Gasteiger partial charge < -0.3 is 20.7 Å². The Kier molecular flexibility index (Phi) is 10.2. The number of aromatic nitrogens is 6. The number of H-pyrrole nitrogens is 2. The fraction of sp³-hybridized carbons (Fsp3) is 0.269. The van der Waals surface area contributed by atoms with Crippen LogP contribution in [0, 0.1) is 13.8 Å². The molecule has 18 heteroatoms. The van der Waals surface area contributed by atoms with E-state index in [-0.39, 0.29) is 25.2 Å². The molecule has 8 N–H and O–H groups in total. The second-order valence-corrected chi connectivity index (χ2v) is 9.87. The van der Waals surface area contributed by atoms with E-state index in [4.69, 9.17) is 14.5 Å². The van der Waals surface area contributed by atoms with Crippen LogP contribution < -0.4 is 31.9 Å². The topological polar surface area (TPSA) is 234 Å². The molecular weight excluding hydrogens is 576 g/mol. The Hall–Kier alpha value is -5.75. The summed E-state index contributed by atoms with van der Waals surface area (Å²) in [4.78, 5) is 55.2. The normalized spacial score (nSPS) is 10.9. The van der Waals surface area contributed by atoms with Crippen molar-refractivity contribution in [3.05, 3.63) is 60.2 Å². The number of aromatic amines is 2. The zero-order chi connectivity index (χ0) is 31.5. The van der Waals surface area contributed by atoms with Crippen molar-refractivity contribution >= 4 is 52.8 Å². The maximum atomic E-state index is 12.4. The Labute approximate surface area is 251 Å². The molecule has 0 aliphatic rings. The van der Waals surface area contributed by atoms with Gasteiger partial charge >= 0.3 is 18.2 Å². The number of nitrogens with one attached hydrogen (secondary N) is 8. The molecule has 4 aromatic rings. The molecule has 2 aromatic carbocycles. The highest BCUT2D eigenvalue weighted by Crippen LogP contribution is 2.22. The van der Waals surface area contributed by atoms with Crippen LogP contribution >= 0.6 is 0 Å². The lowest BCUT2D eigenvalue weighted by molar-refractivity contribution is -0.354. The van der Waals surface area contributed by atoms with E-state index >= 15 is 0 Å². The maximum Gasteiger partial charge on any atom is 0.411 e. The van der Waals surface area contributed by atoms with Gasteiger partial charge in [-0.3, -0.25) is 16.0 Å². The molecule has 0 bridgehead atoms. The summed E-state index contributed by atoms with van der Waals surface area (Å²) < 4.78 is 5.30. The minimum atomic E-state index is -0.989. The van der Waals surface area contributed by atoms with Crippen molar-refractivity contribution in [3.8, 4) is 0 Å². The molecule has 0 atom stereocenters. The molecule has 0 radical (unpaired) electrons. The summed E-state index contributed by atoms with van der Waals surface area (Å²) in [6.07, 6.45) is 1.81. The van der Waals surface area contributed by atoms with Gasteiger partial charge in [-0.15, -0.1) is 0 Å². The number of urea groups is 2. The van der Waals surface area contributed by atoms with Gasteiger partial charge in [-0.2, -0.15) is 20.2 Å². The third-order valence-corrected chi connectivity index (χ3v) is 5.68. The number of hydrogen-bond acceptors (Lipinski definition) is 11. The highest BCUT2D eigenvalue weighted by molar-refractivity contribution is 6.00. The first-order chi connectivity index (χ1) is 21.1. The van der Waals surface area contributed by atoms with Crippen molar-refractivity contribution in [1.82, 2.24) is 30.4 Å². The first kappa shape index (κ1) is 31.2. The highest BCUT2D eigenvalue weighted by Gasteiger charge is 2.23. The van der Waals surface area contributed by atoms with Crippen LogP contribution in [0.25, 0.3) is 0 Å².